The molecule has 0 spiro atoms. The van der Waals surface area contributed by atoms with E-state index in [1.165, 1.54) is 58.2 Å². The lowest BCUT2D eigenvalue weighted by Gasteiger charge is -2.33. The van der Waals surface area contributed by atoms with Crippen LogP contribution in [0.1, 0.15) is 57.9 Å². The zero-order chi connectivity index (χ0) is 19.6. The highest BCUT2D eigenvalue weighted by atomic mass is 16.5. The third-order valence-electron chi connectivity index (χ3n) is 5.48. The summed E-state index contributed by atoms with van der Waals surface area (Å²) < 4.78 is 5.79. The zero-order valence-electron chi connectivity index (χ0n) is 17.6. The average molecular weight is 388 g/mol. The fraction of sp³-hybridized carbons (Fsp3) is 0.727. The molecule has 1 aromatic rings. The molecule has 6 heteroatoms. The summed E-state index contributed by atoms with van der Waals surface area (Å²) in [6.45, 7) is 10.3. The highest BCUT2D eigenvalue weighted by Crippen LogP contribution is 2.29. The maximum Gasteiger partial charge on any atom is 0.213 e. The molecule has 0 radical (unpaired) electrons. The third-order valence-corrected chi connectivity index (χ3v) is 5.48. The van der Waals surface area contributed by atoms with Crippen molar-refractivity contribution in [3.63, 3.8) is 0 Å². The molecule has 1 aliphatic carbocycles. The van der Waals surface area contributed by atoms with E-state index < -0.39 is 0 Å². The van der Waals surface area contributed by atoms with Gasteiger partial charge in [-0.15, -0.1) is 0 Å². The fourth-order valence-corrected chi connectivity index (χ4v) is 3.48. The summed E-state index contributed by atoms with van der Waals surface area (Å²) in [5.74, 6) is 2.37. The summed E-state index contributed by atoms with van der Waals surface area (Å²) in [7, 11) is 0. The minimum Gasteiger partial charge on any atom is -0.477 e. The summed E-state index contributed by atoms with van der Waals surface area (Å²) in [4.78, 5) is 11.7. The second-order valence-corrected chi connectivity index (χ2v) is 8.07. The molecular formula is C22H37N5O. The Labute approximate surface area is 170 Å². The Kier molecular flexibility index (Phi) is 8.40. The van der Waals surface area contributed by atoms with Crippen molar-refractivity contribution in [3.05, 3.63) is 23.9 Å². The van der Waals surface area contributed by atoms with Crippen LogP contribution in [-0.4, -0.2) is 54.7 Å². The highest BCUT2D eigenvalue weighted by molar-refractivity contribution is 5.80. The lowest BCUT2D eigenvalue weighted by atomic mass is 10.0. The molecule has 0 unspecified atom stereocenters. The molecule has 3 rings (SSSR count). The molecule has 2 aliphatic rings. The van der Waals surface area contributed by atoms with Crippen LogP contribution in [0.5, 0.6) is 5.88 Å². The van der Waals surface area contributed by atoms with Gasteiger partial charge in [-0.1, -0.05) is 13.3 Å². The molecule has 1 saturated carbocycles. The van der Waals surface area contributed by atoms with Crippen LogP contribution in [0.15, 0.2) is 23.3 Å². The Balaban J connectivity index is 1.48. The van der Waals surface area contributed by atoms with Gasteiger partial charge in [0.1, 0.15) is 0 Å². The number of nitrogens with zero attached hydrogens (tertiary/aromatic N) is 3. The number of ether oxygens (including phenoxy) is 1. The molecule has 0 aromatic carbocycles. The van der Waals surface area contributed by atoms with Crippen LogP contribution < -0.4 is 15.4 Å². The first-order chi connectivity index (χ1) is 13.8. The van der Waals surface area contributed by atoms with Gasteiger partial charge in [-0.05, 0) is 63.1 Å². The van der Waals surface area contributed by atoms with Gasteiger partial charge in [0.05, 0.1) is 13.2 Å². The quantitative estimate of drug-likeness (QED) is 0.477. The molecule has 1 aliphatic heterocycles. The number of hydrogen-bond acceptors (Lipinski definition) is 4. The summed E-state index contributed by atoms with van der Waals surface area (Å²) in [5, 5.41) is 7.02. The zero-order valence-corrected chi connectivity index (χ0v) is 17.6. The first kappa shape index (κ1) is 20.9. The minimum atomic E-state index is 0.505. The molecule has 6 nitrogen and oxygen atoms in total. The topological polar surface area (TPSA) is 61.8 Å². The number of guanidine groups is 1. The molecular weight excluding hydrogens is 350 g/mol. The molecule has 156 valence electrons. The molecule has 28 heavy (non-hydrogen) atoms. The molecule has 2 fully saturated rings. The first-order valence-corrected chi connectivity index (χ1v) is 11.1. The SMILES string of the molecule is CCCCN1CCC(NC(=NCc2ccnc(OCC3CC3)c2)NCC)CC1. The van der Waals surface area contributed by atoms with E-state index in [4.69, 9.17) is 9.73 Å². The molecule has 0 atom stereocenters. The Morgan fingerprint density at radius 3 is 2.79 bits per heavy atom. The van der Waals surface area contributed by atoms with Crippen LogP contribution in [0.2, 0.25) is 0 Å². The Bertz CT molecular complexity index is 609. The Morgan fingerprint density at radius 1 is 1.25 bits per heavy atom. The first-order valence-electron chi connectivity index (χ1n) is 11.1. The number of nitrogens with one attached hydrogen (secondary N) is 2. The van der Waals surface area contributed by atoms with Gasteiger partial charge in [-0.25, -0.2) is 9.98 Å². The van der Waals surface area contributed by atoms with Crippen LogP contribution in [-0.2, 0) is 6.54 Å². The second-order valence-electron chi connectivity index (χ2n) is 8.07. The van der Waals surface area contributed by atoms with Crippen LogP contribution in [0.25, 0.3) is 0 Å². The lowest BCUT2D eigenvalue weighted by Crippen LogP contribution is -2.48. The van der Waals surface area contributed by atoms with Crippen molar-refractivity contribution >= 4 is 5.96 Å². The average Bonchev–Trinajstić information content (AvgIpc) is 3.55. The van der Waals surface area contributed by atoms with Gasteiger partial charge in [0.25, 0.3) is 0 Å². The monoisotopic (exact) mass is 387 g/mol. The molecule has 2 N–H and O–H groups in total. The number of unbranched alkanes of at least 4 members (excludes halogenated alkanes) is 1. The van der Waals surface area contributed by atoms with Gasteiger partial charge in [-0.2, -0.15) is 0 Å². The summed E-state index contributed by atoms with van der Waals surface area (Å²) in [6, 6.07) is 4.54. The molecule has 0 amide bonds. The highest BCUT2D eigenvalue weighted by Gasteiger charge is 2.22. The predicted molar refractivity (Wildman–Crippen MR) is 115 cm³/mol. The van der Waals surface area contributed by atoms with Crippen molar-refractivity contribution < 1.29 is 4.74 Å². The normalized spacial score (nSPS) is 18.9. The Morgan fingerprint density at radius 2 is 2.07 bits per heavy atom. The van der Waals surface area contributed by atoms with Gasteiger partial charge in [0, 0.05) is 37.9 Å². The second kappa shape index (κ2) is 11.2. The predicted octanol–water partition coefficient (Wildman–Crippen LogP) is 3.19. The number of aliphatic imine (C=N–C) groups is 1. The van der Waals surface area contributed by atoms with Crippen molar-refractivity contribution in [2.24, 2.45) is 10.9 Å². The maximum atomic E-state index is 5.79. The van der Waals surface area contributed by atoms with E-state index in [-0.39, 0.29) is 0 Å². The van der Waals surface area contributed by atoms with E-state index in [9.17, 15) is 0 Å². The Hall–Kier alpha value is -1.82. The number of piperidine rings is 1. The van der Waals surface area contributed by atoms with Crippen molar-refractivity contribution in [1.82, 2.24) is 20.5 Å². The minimum absolute atomic E-state index is 0.505. The summed E-state index contributed by atoms with van der Waals surface area (Å²) in [5.41, 5.74) is 1.13. The van der Waals surface area contributed by atoms with Crippen LogP contribution in [0, 0.1) is 5.92 Å². The number of hydrogen-bond donors (Lipinski definition) is 2. The van der Waals surface area contributed by atoms with Crippen molar-refractivity contribution in [2.45, 2.75) is 65.0 Å². The van der Waals surface area contributed by atoms with Crippen LogP contribution in [0.3, 0.4) is 0 Å². The van der Waals surface area contributed by atoms with E-state index in [0.717, 1.165) is 36.5 Å². The van der Waals surface area contributed by atoms with E-state index in [1.807, 2.05) is 18.3 Å². The van der Waals surface area contributed by atoms with Crippen molar-refractivity contribution in [2.75, 3.05) is 32.8 Å². The summed E-state index contributed by atoms with van der Waals surface area (Å²) >= 11 is 0. The standard InChI is InChI=1S/C22H37N5O/c1-3-5-12-27-13-9-20(10-14-27)26-22(23-4-2)25-16-19-8-11-24-21(15-19)28-17-18-6-7-18/h8,11,15,18,20H,3-7,9-10,12-14,16-17H2,1-2H3,(H2,23,25,26). The van der Waals surface area contributed by atoms with Gasteiger partial charge in [-0.3, -0.25) is 0 Å². The molecule has 1 aromatic heterocycles. The third kappa shape index (κ3) is 7.30. The number of likely N-dealkylation sites (tertiary alicyclic amines) is 1. The van der Waals surface area contributed by atoms with Crippen LogP contribution in [0.4, 0.5) is 0 Å². The lowest BCUT2D eigenvalue weighted by molar-refractivity contribution is 0.203. The smallest absolute Gasteiger partial charge is 0.213 e. The maximum absolute atomic E-state index is 5.79. The van der Waals surface area contributed by atoms with Gasteiger partial charge >= 0.3 is 0 Å². The van der Waals surface area contributed by atoms with Crippen molar-refractivity contribution in [1.29, 1.82) is 0 Å². The molecule has 2 heterocycles. The number of aromatic nitrogens is 1. The molecule has 1 saturated heterocycles. The largest absolute Gasteiger partial charge is 0.477 e. The summed E-state index contributed by atoms with van der Waals surface area (Å²) in [6.07, 6.45) is 9.35. The van der Waals surface area contributed by atoms with Gasteiger partial charge in [0.2, 0.25) is 5.88 Å². The molecule has 0 bridgehead atoms. The van der Waals surface area contributed by atoms with E-state index in [1.54, 1.807) is 0 Å². The van der Waals surface area contributed by atoms with E-state index >= 15 is 0 Å². The number of rotatable bonds is 10. The van der Waals surface area contributed by atoms with Crippen LogP contribution >= 0.6 is 0 Å². The van der Waals surface area contributed by atoms with Gasteiger partial charge < -0.3 is 20.3 Å². The number of pyridine rings is 1. The fourth-order valence-electron chi connectivity index (χ4n) is 3.48. The van der Waals surface area contributed by atoms with Gasteiger partial charge in [0.15, 0.2) is 5.96 Å². The van der Waals surface area contributed by atoms with Crippen molar-refractivity contribution in [3.8, 4) is 5.88 Å². The van der Waals surface area contributed by atoms with E-state index in [2.05, 4.69) is 34.4 Å². The van der Waals surface area contributed by atoms with E-state index in [0.29, 0.717) is 12.6 Å².